The van der Waals surface area contributed by atoms with Gasteiger partial charge in [-0.05, 0) is 42.5 Å². The first-order valence-electron chi connectivity index (χ1n) is 8.27. The highest BCUT2D eigenvalue weighted by atomic mass is 16.1. The van der Waals surface area contributed by atoms with Gasteiger partial charge < -0.3 is 5.32 Å². The van der Waals surface area contributed by atoms with Gasteiger partial charge in [0.25, 0.3) is 11.7 Å². The zero-order valence-electron chi connectivity index (χ0n) is 13.8. The van der Waals surface area contributed by atoms with Crippen LogP contribution in [0.5, 0.6) is 0 Å². The van der Waals surface area contributed by atoms with Gasteiger partial charge in [0.15, 0.2) is 0 Å². The average molecular weight is 323 g/mol. The monoisotopic (exact) mass is 323 g/mol. The molecule has 6 nitrogen and oxygen atoms in total. The lowest BCUT2D eigenvalue weighted by molar-refractivity contribution is 0.0953. The van der Waals surface area contributed by atoms with Crippen molar-refractivity contribution in [2.45, 2.75) is 32.6 Å². The number of benzene rings is 1. The van der Waals surface area contributed by atoms with Gasteiger partial charge in [-0.25, -0.2) is 9.50 Å². The topological polar surface area (TPSA) is 72.2 Å². The number of hydrogen-bond acceptors (Lipinski definition) is 4. The minimum absolute atomic E-state index is 0.0251. The molecule has 0 radical (unpaired) electrons. The predicted octanol–water partition coefficient (Wildman–Crippen LogP) is 2.44. The minimum atomic E-state index is -0.0251. The van der Waals surface area contributed by atoms with E-state index < -0.39 is 0 Å². The van der Waals surface area contributed by atoms with E-state index in [1.807, 2.05) is 30.5 Å². The molecule has 0 fully saturated rings. The Hall–Kier alpha value is -2.76. The molecule has 0 bridgehead atoms. The van der Waals surface area contributed by atoms with E-state index in [9.17, 15) is 4.79 Å². The summed E-state index contributed by atoms with van der Waals surface area (Å²) < 4.78 is 1.66. The average Bonchev–Trinajstić information content (AvgIpc) is 3.07. The molecule has 2 aromatic heterocycles. The Morgan fingerprint density at radius 1 is 1.12 bits per heavy atom. The number of fused-ring (bicyclic) bond motifs is 1. The molecule has 3 rings (SSSR count). The molecule has 24 heavy (non-hydrogen) atoms. The maximum absolute atomic E-state index is 12.1. The second-order valence-corrected chi connectivity index (χ2v) is 5.77. The molecular weight excluding hydrogens is 302 g/mol. The Bertz CT molecular complexity index is 810. The molecule has 2 heterocycles. The molecule has 0 unspecified atom stereocenters. The van der Waals surface area contributed by atoms with Crippen molar-refractivity contribution in [1.29, 1.82) is 0 Å². The molecule has 0 aliphatic heterocycles. The Balaban J connectivity index is 1.46. The summed E-state index contributed by atoms with van der Waals surface area (Å²) in [5.74, 6) is 0.571. The number of nitrogens with one attached hydrogen (secondary N) is 1. The summed E-state index contributed by atoms with van der Waals surface area (Å²) in [7, 11) is 0. The summed E-state index contributed by atoms with van der Waals surface area (Å²) in [5.41, 5.74) is 3.05. The normalized spacial score (nSPS) is 10.9. The van der Waals surface area contributed by atoms with Crippen molar-refractivity contribution in [3.05, 3.63) is 59.7 Å². The van der Waals surface area contributed by atoms with Crippen LogP contribution in [0.1, 0.15) is 41.3 Å². The summed E-state index contributed by atoms with van der Waals surface area (Å²) in [6, 6.07) is 7.83. The predicted molar refractivity (Wildman–Crippen MR) is 91.9 cm³/mol. The highest BCUT2D eigenvalue weighted by Crippen LogP contribution is 2.07. The number of amides is 1. The Morgan fingerprint density at radius 3 is 2.75 bits per heavy atom. The van der Waals surface area contributed by atoms with Crippen LogP contribution in [0.4, 0.5) is 0 Å². The lowest BCUT2D eigenvalue weighted by Crippen LogP contribution is -2.24. The van der Waals surface area contributed by atoms with Crippen LogP contribution in [0, 0.1) is 0 Å². The Morgan fingerprint density at radius 2 is 1.96 bits per heavy atom. The molecule has 0 aliphatic rings. The number of aromatic nitrogens is 4. The van der Waals surface area contributed by atoms with Gasteiger partial charge >= 0.3 is 0 Å². The van der Waals surface area contributed by atoms with Crippen molar-refractivity contribution in [3.63, 3.8) is 0 Å². The third-order valence-electron chi connectivity index (χ3n) is 3.87. The molecule has 1 aromatic carbocycles. The van der Waals surface area contributed by atoms with Crippen LogP contribution in [-0.4, -0.2) is 32.0 Å². The van der Waals surface area contributed by atoms with E-state index in [2.05, 4.69) is 27.3 Å². The van der Waals surface area contributed by atoms with Gasteiger partial charge in [0.05, 0.1) is 0 Å². The number of carbonyl (C=O) groups is 1. The third-order valence-corrected chi connectivity index (χ3v) is 3.87. The molecule has 6 heteroatoms. The molecule has 0 saturated carbocycles. The molecule has 124 valence electrons. The van der Waals surface area contributed by atoms with Crippen LogP contribution in [0.15, 0.2) is 43.0 Å². The molecule has 3 aromatic rings. The number of aryl methyl sites for hydroxylation is 2. The van der Waals surface area contributed by atoms with Crippen molar-refractivity contribution in [2.24, 2.45) is 0 Å². The SMILES string of the molecule is CCCc1ccc(C(=O)NCCCc2cnc3ncnn3c2)cc1. The maximum Gasteiger partial charge on any atom is 0.252 e. The molecule has 0 saturated heterocycles. The summed E-state index contributed by atoms with van der Waals surface area (Å²) >= 11 is 0. The highest BCUT2D eigenvalue weighted by Gasteiger charge is 2.05. The van der Waals surface area contributed by atoms with Crippen molar-refractivity contribution < 1.29 is 4.79 Å². The van der Waals surface area contributed by atoms with Gasteiger partial charge in [-0.2, -0.15) is 10.1 Å². The van der Waals surface area contributed by atoms with Gasteiger partial charge in [0.2, 0.25) is 0 Å². The van der Waals surface area contributed by atoms with Crippen LogP contribution >= 0.6 is 0 Å². The fourth-order valence-electron chi connectivity index (χ4n) is 2.60. The van der Waals surface area contributed by atoms with Gasteiger partial charge in [-0.1, -0.05) is 25.5 Å². The van der Waals surface area contributed by atoms with Gasteiger partial charge in [-0.15, -0.1) is 0 Å². The quantitative estimate of drug-likeness (QED) is 0.678. The standard InChI is InChI=1S/C18H21N5O/c1-2-4-14-6-8-16(9-7-14)17(24)19-10-3-5-15-11-20-18-21-13-22-23(18)12-15/h6-9,11-13H,2-5,10H2,1H3,(H,19,24). The van der Waals surface area contributed by atoms with Gasteiger partial charge in [0.1, 0.15) is 6.33 Å². The zero-order chi connectivity index (χ0) is 16.8. The summed E-state index contributed by atoms with van der Waals surface area (Å²) in [6.07, 6.45) is 9.05. The van der Waals surface area contributed by atoms with Crippen LogP contribution in [0.3, 0.4) is 0 Å². The molecule has 0 atom stereocenters. The fourth-order valence-corrected chi connectivity index (χ4v) is 2.60. The molecule has 0 aliphatic carbocycles. The zero-order valence-corrected chi connectivity index (χ0v) is 13.8. The first kappa shape index (κ1) is 16.1. The first-order chi connectivity index (χ1) is 11.8. The summed E-state index contributed by atoms with van der Waals surface area (Å²) in [6.45, 7) is 2.78. The van der Waals surface area contributed by atoms with E-state index in [-0.39, 0.29) is 5.91 Å². The molecular formula is C18H21N5O. The largest absolute Gasteiger partial charge is 0.352 e. The number of rotatable bonds is 7. The minimum Gasteiger partial charge on any atom is -0.352 e. The van der Waals surface area contributed by atoms with E-state index in [1.54, 1.807) is 10.7 Å². The Labute approximate surface area is 141 Å². The van der Waals surface area contributed by atoms with Crippen molar-refractivity contribution in [2.75, 3.05) is 6.54 Å². The smallest absolute Gasteiger partial charge is 0.252 e. The number of hydrogen-bond donors (Lipinski definition) is 1. The van der Waals surface area contributed by atoms with Crippen LogP contribution in [0.25, 0.3) is 5.78 Å². The maximum atomic E-state index is 12.1. The lowest BCUT2D eigenvalue weighted by Gasteiger charge is -2.06. The van der Waals surface area contributed by atoms with E-state index >= 15 is 0 Å². The first-order valence-corrected chi connectivity index (χ1v) is 8.27. The molecule has 0 spiro atoms. The van der Waals surface area contributed by atoms with Gasteiger partial charge in [0, 0.05) is 24.5 Å². The van der Waals surface area contributed by atoms with E-state index in [0.717, 1.165) is 31.2 Å². The highest BCUT2D eigenvalue weighted by molar-refractivity contribution is 5.94. The second kappa shape index (κ2) is 7.68. The van der Waals surface area contributed by atoms with E-state index in [0.29, 0.717) is 17.9 Å². The summed E-state index contributed by atoms with van der Waals surface area (Å²) in [4.78, 5) is 20.4. The molecule has 1 N–H and O–H groups in total. The van der Waals surface area contributed by atoms with Crippen LogP contribution < -0.4 is 5.32 Å². The van der Waals surface area contributed by atoms with Crippen molar-refractivity contribution >= 4 is 11.7 Å². The van der Waals surface area contributed by atoms with E-state index in [4.69, 9.17) is 0 Å². The van der Waals surface area contributed by atoms with Crippen molar-refractivity contribution in [3.8, 4) is 0 Å². The van der Waals surface area contributed by atoms with Crippen LogP contribution in [0.2, 0.25) is 0 Å². The molecule has 1 amide bonds. The van der Waals surface area contributed by atoms with Gasteiger partial charge in [-0.3, -0.25) is 4.79 Å². The van der Waals surface area contributed by atoms with Crippen LogP contribution in [-0.2, 0) is 12.8 Å². The number of carbonyl (C=O) groups excluding carboxylic acids is 1. The van der Waals surface area contributed by atoms with E-state index in [1.165, 1.54) is 11.9 Å². The second-order valence-electron chi connectivity index (χ2n) is 5.77. The van der Waals surface area contributed by atoms with Crippen molar-refractivity contribution in [1.82, 2.24) is 24.9 Å². The third kappa shape index (κ3) is 3.95. The summed E-state index contributed by atoms with van der Waals surface area (Å²) in [5, 5.41) is 7.03. The number of nitrogens with zero attached hydrogens (tertiary/aromatic N) is 4. The fraction of sp³-hybridized carbons (Fsp3) is 0.333. The Kier molecular flexibility index (Phi) is 5.15. The lowest BCUT2D eigenvalue weighted by atomic mass is 10.1.